The average molecular weight is 234 g/mol. The van der Waals surface area contributed by atoms with E-state index in [4.69, 9.17) is 0 Å². The van der Waals surface area contributed by atoms with Crippen molar-refractivity contribution in [2.75, 3.05) is 7.05 Å². The Bertz CT molecular complexity index is 341. The van der Waals surface area contributed by atoms with Gasteiger partial charge in [0, 0.05) is 25.0 Å². The quantitative estimate of drug-likeness (QED) is 0.607. The molecule has 1 unspecified atom stereocenters. The Balaban J connectivity index is 2.07. The van der Waals surface area contributed by atoms with Crippen molar-refractivity contribution in [3.8, 4) is 0 Å². The molecule has 0 bridgehead atoms. The Morgan fingerprint density at radius 2 is 2.18 bits per heavy atom. The van der Waals surface area contributed by atoms with Crippen molar-refractivity contribution >= 4 is 0 Å². The van der Waals surface area contributed by atoms with Crippen LogP contribution in [0.5, 0.6) is 0 Å². The molecular formula is C15H26N2. The molecular weight excluding hydrogens is 208 g/mol. The smallest absolute Gasteiger partial charge is 0.0335 e. The highest BCUT2D eigenvalue weighted by molar-refractivity contribution is 5.29. The molecule has 1 aliphatic rings. The first-order chi connectivity index (χ1) is 8.35. The van der Waals surface area contributed by atoms with Crippen molar-refractivity contribution in [1.29, 1.82) is 0 Å². The van der Waals surface area contributed by atoms with Crippen LogP contribution in [0.2, 0.25) is 0 Å². The fourth-order valence-corrected chi connectivity index (χ4v) is 2.89. The first kappa shape index (κ1) is 12.7. The SMILES string of the molecule is CCCCCn1cc2c(c1)C(NC)CCCC2. The van der Waals surface area contributed by atoms with Crippen LogP contribution < -0.4 is 5.32 Å². The van der Waals surface area contributed by atoms with Gasteiger partial charge in [0.15, 0.2) is 0 Å². The lowest BCUT2D eigenvalue weighted by molar-refractivity contribution is 0.528. The first-order valence-corrected chi connectivity index (χ1v) is 7.21. The fraction of sp³-hybridized carbons (Fsp3) is 0.733. The van der Waals surface area contributed by atoms with Crippen LogP contribution in [0.4, 0.5) is 0 Å². The van der Waals surface area contributed by atoms with Crippen molar-refractivity contribution in [2.24, 2.45) is 0 Å². The highest BCUT2D eigenvalue weighted by Gasteiger charge is 2.18. The van der Waals surface area contributed by atoms with Crippen molar-refractivity contribution in [2.45, 2.75) is 64.5 Å². The minimum absolute atomic E-state index is 0.583. The molecule has 0 aromatic carbocycles. The highest BCUT2D eigenvalue weighted by atomic mass is 15.0. The second kappa shape index (κ2) is 6.25. The van der Waals surface area contributed by atoms with Gasteiger partial charge in [-0.2, -0.15) is 0 Å². The summed E-state index contributed by atoms with van der Waals surface area (Å²) in [4.78, 5) is 0. The minimum atomic E-state index is 0.583. The summed E-state index contributed by atoms with van der Waals surface area (Å²) in [5.41, 5.74) is 3.14. The maximum absolute atomic E-state index is 3.47. The summed E-state index contributed by atoms with van der Waals surface area (Å²) in [6.07, 6.45) is 14.0. The molecule has 1 N–H and O–H groups in total. The largest absolute Gasteiger partial charge is 0.354 e. The molecule has 0 fully saturated rings. The van der Waals surface area contributed by atoms with Gasteiger partial charge in [-0.05, 0) is 43.9 Å². The molecule has 2 rings (SSSR count). The van der Waals surface area contributed by atoms with Crippen LogP contribution >= 0.6 is 0 Å². The molecule has 1 heterocycles. The monoisotopic (exact) mass is 234 g/mol. The van der Waals surface area contributed by atoms with Crippen LogP contribution in [-0.2, 0) is 13.0 Å². The van der Waals surface area contributed by atoms with Gasteiger partial charge in [0.25, 0.3) is 0 Å². The predicted molar refractivity (Wildman–Crippen MR) is 73.3 cm³/mol. The van der Waals surface area contributed by atoms with Gasteiger partial charge >= 0.3 is 0 Å². The number of nitrogens with one attached hydrogen (secondary N) is 1. The van der Waals surface area contributed by atoms with E-state index in [2.05, 4.69) is 36.2 Å². The summed E-state index contributed by atoms with van der Waals surface area (Å²) >= 11 is 0. The van der Waals surface area contributed by atoms with Crippen LogP contribution in [0.25, 0.3) is 0 Å². The maximum Gasteiger partial charge on any atom is 0.0335 e. The molecule has 0 aliphatic heterocycles. The Labute approximate surface area is 105 Å². The number of fused-ring (bicyclic) bond motifs is 1. The topological polar surface area (TPSA) is 17.0 Å². The van der Waals surface area contributed by atoms with E-state index < -0.39 is 0 Å². The van der Waals surface area contributed by atoms with E-state index in [9.17, 15) is 0 Å². The summed E-state index contributed by atoms with van der Waals surface area (Å²) < 4.78 is 2.41. The lowest BCUT2D eigenvalue weighted by Crippen LogP contribution is -2.15. The van der Waals surface area contributed by atoms with Gasteiger partial charge in [0.2, 0.25) is 0 Å². The predicted octanol–water partition coefficient (Wildman–Crippen LogP) is 3.67. The van der Waals surface area contributed by atoms with E-state index in [1.807, 2.05) is 0 Å². The van der Waals surface area contributed by atoms with E-state index in [-0.39, 0.29) is 0 Å². The molecule has 0 amide bonds. The molecule has 1 atom stereocenters. The zero-order chi connectivity index (χ0) is 12.1. The molecule has 0 spiro atoms. The van der Waals surface area contributed by atoms with Crippen molar-refractivity contribution in [1.82, 2.24) is 9.88 Å². The van der Waals surface area contributed by atoms with Crippen molar-refractivity contribution in [3.05, 3.63) is 23.5 Å². The van der Waals surface area contributed by atoms with E-state index >= 15 is 0 Å². The van der Waals surface area contributed by atoms with Crippen LogP contribution in [0, 0.1) is 0 Å². The summed E-state index contributed by atoms with van der Waals surface area (Å²) in [7, 11) is 2.09. The number of unbranched alkanes of at least 4 members (excludes halogenated alkanes) is 2. The molecule has 17 heavy (non-hydrogen) atoms. The van der Waals surface area contributed by atoms with Crippen molar-refractivity contribution in [3.63, 3.8) is 0 Å². The second-order valence-electron chi connectivity index (χ2n) is 5.27. The molecule has 1 aromatic rings. The molecule has 2 heteroatoms. The molecule has 96 valence electrons. The number of aromatic nitrogens is 1. The normalized spacial score (nSPS) is 20.0. The second-order valence-corrected chi connectivity index (χ2v) is 5.27. The van der Waals surface area contributed by atoms with Gasteiger partial charge in [-0.3, -0.25) is 0 Å². The standard InChI is InChI=1S/C15H26N2/c1-3-4-7-10-17-11-13-8-5-6-9-15(16-2)14(13)12-17/h11-12,15-16H,3-10H2,1-2H3. The van der Waals surface area contributed by atoms with Crippen LogP contribution in [0.15, 0.2) is 12.4 Å². The average Bonchev–Trinajstić information content (AvgIpc) is 2.64. The number of rotatable bonds is 5. The van der Waals surface area contributed by atoms with E-state index in [1.54, 1.807) is 11.1 Å². The van der Waals surface area contributed by atoms with Gasteiger partial charge in [0.1, 0.15) is 0 Å². The summed E-state index contributed by atoms with van der Waals surface area (Å²) in [5, 5.41) is 3.47. The zero-order valence-electron chi connectivity index (χ0n) is 11.3. The van der Waals surface area contributed by atoms with Gasteiger partial charge in [-0.15, -0.1) is 0 Å². The summed E-state index contributed by atoms with van der Waals surface area (Å²) in [6, 6.07) is 0.583. The Morgan fingerprint density at radius 3 is 2.94 bits per heavy atom. The van der Waals surface area contributed by atoms with Gasteiger partial charge in [0.05, 0.1) is 0 Å². The number of hydrogen-bond acceptors (Lipinski definition) is 1. The minimum Gasteiger partial charge on any atom is -0.354 e. The van der Waals surface area contributed by atoms with Crippen LogP contribution in [-0.4, -0.2) is 11.6 Å². The third kappa shape index (κ3) is 3.12. The third-order valence-electron chi connectivity index (χ3n) is 3.93. The lowest BCUT2D eigenvalue weighted by atomic mass is 10.1. The van der Waals surface area contributed by atoms with E-state index in [0.717, 1.165) is 0 Å². The van der Waals surface area contributed by atoms with Gasteiger partial charge < -0.3 is 9.88 Å². The van der Waals surface area contributed by atoms with Crippen LogP contribution in [0.3, 0.4) is 0 Å². The molecule has 0 saturated heterocycles. The number of nitrogens with zero attached hydrogens (tertiary/aromatic N) is 1. The maximum atomic E-state index is 3.47. The fourth-order valence-electron chi connectivity index (χ4n) is 2.89. The van der Waals surface area contributed by atoms with Crippen LogP contribution in [0.1, 0.15) is 62.6 Å². The van der Waals surface area contributed by atoms with Crippen molar-refractivity contribution < 1.29 is 0 Å². The first-order valence-electron chi connectivity index (χ1n) is 7.21. The van der Waals surface area contributed by atoms with E-state index in [1.165, 1.54) is 51.5 Å². The Kier molecular flexibility index (Phi) is 4.66. The molecule has 1 aliphatic carbocycles. The van der Waals surface area contributed by atoms with E-state index in [0.29, 0.717) is 6.04 Å². The number of aryl methyl sites for hydroxylation is 2. The summed E-state index contributed by atoms with van der Waals surface area (Å²) in [6.45, 7) is 3.46. The lowest BCUT2D eigenvalue weighted by Gasteiger charge is -2.13. The Morgan fingerprint density at radius 1 is 1.29 bits per heavy atom. The van der Waals surface area contributed by atoms with Gasteiger partial charge in [-0.25, -0.2) is 0 Å². The zero-order valence-corrected chi connectivity index (χ0v) is 11.3. The third-order valence-corrected chi connectivity index (χ3v) is 3.93. The summed E-state index contributed by atoms with van der Waals surface area (Å²) in [5.74, 6) is 0. The molecule has 2 nitrogen and oxygen atoms in total. The van der Waals surface area contributed by atoms with Gasteiger partial charge in [-0.1, -0.05) is 26.2 Å². The molecule has 1 aromatic heterocycles. The Hall–Kier alpha value is -0.760. The highest BCUT2D eigenvalue weighted by Crippen LogP contribution is 2.29. The molecule has 0 radical (unpaired) electrons. The molecule has 0 saturated carbocycles. The number of hydrogen-bond donors (Lipinski definition) is 1.